The summed E-state index contributed by atoms with van der Waals surface area (Å²) in [6, 6.07) is -0.0191. The lowest BCUT2D eigenvalue weighted by atomic mass is 9.99. The van der Waals surface area contributed by atoms with Crippen LogP contribution < -0.4 is 0 Å². The van der Waals surface area contributed by atoms with Crippen LogP contribution in [-0.2, 0) is 4.79 Å². The Balaban J connectivity index is 1.97. The number of rotatable bonds is 1. The van der Waals surface area contributed by atoms with E-state index in [0.717, 1.165) is 13.0 Å². The fraction of sp³-hybridized carbons (Fsp3) is 0.692. The average Bonchev–Trinajstić information content (AvgIpc) is 2.71. The van der Waals surface area contributed by atoms with Gasteiger partial charge in [-0.3, -0.25) is 4.79 Å². The molecule has 0 spiro atoms. The summed E-state index contributed by atoms with van der Waals surface area (Å²) in [5, 5.41) is 9.07. The lowest BCUT2D eigenvalue weighted by Crippen LogP contribution is -2.44. The van der Waals surface area contributed by atoms with E-state index in [1.165, 1.54) is 5.57 Å². The third-order valence-electron chi connectivity index (χ3n) is 3.91. The number of carbonyl (C=O) groups is 2. The molecule has 1 fully saturated rings. The van der Waals surface area contributed by atoms with E-state index in [0.29, 0.717) is 19.6 Å². The number of urea groups is 1. The molecule has 2 aliphatic heterocycles. The van der Waals surface area contributed by atoms with Gasteiger partial charge in [0, 0.05) is 26.2 Å². The molecule has 0 unspecified atom stereocenters. The van der Waals surface area contributed by atoms with Gasteiger partial charge in [0.15, 0.2) is 0 Å². The summed E-state index contributed by atoms with van der Waals surface area (Å²) in [5.41, 5.74) is 1.32. The molecule has 0 radical (unpaired) electrons. The molecule has 100 valence electrons. The fourth-order valence-electron chi connectivity index (χ4n) is 2.59. The number of likely N-dealkylation sites (tertiary alicyclic amines) is 1. The quantitative estimate of drug-likeness (QED) is 0.718. The highest BCUT2D eigenvalue weighted by molar-refractivity contribution is 5.78. The van der Waals surface area contributed by atoms with E-state index in [1.807, 2.05) is 6.92 Å². The van der Waals surface area contributed by atoms with Crippen molar-refractivity contribution in [1.82, 2.24) is 9.80 Å². The highest BCUT2D eigenvalue weighted by atomic mass is 16.4. The van der Waals surface area contributed by atoms with Gasteiger partial charge < -0.3 is 14.9 Å². The fourth-order valence-corrected chi connectivity index (χ4v) is 2.59. The topological polar surface area (TPSA) is 60.9 Å². The molecule has 2 heterocycles. The zero-order valence-corrected chi connectivity index (χ0v) is 10.9. The summed E-state index contributed by atoms with van der Waals surface area (Å²) in [7, 11) is 0. The predicted molar refractivity (Wildman–Crippen MR) is 67.2 cm³/mol. The van der Waals surface area contributed by atoms with E-state index in [9.17, 15) is 9.59 Å². The molecule has 2 aliphatic rings. The van der Waals surface area contributed by atoms with Crippen LogP contribution >= 0.6 is 0 Å². The molecule has 0 aromatic heterocycles. The van der Waals surface area contributed by atoms with Crippen molar-refractivity contribution in [3.8, 4) is 0 Å². The van der Waals surface area contributed by atoms with E-state index in [-0.39, 0.29) is 11.9 Å². The van der Waals surface area contributed by atoms with Crippen molar-refractivity contribution >= 4 is 12.0 Å². The standard InChI is InChI=1S/C13H20N2O3/c1-9-3-5-14(6-4-9)13(18)15-7-10(2)11(8-15)12(16)17/h3,10-11H,4-8H2,1-2H3,(H,16,17)/t10-,11-/m1/s1. The van der Waals surface area contributed by atoms with Gasteiger partial charge in [-0.05, 0) is 19.3 Å². The number of carboxylic acids is 1. The minimum Gasteiger partial charge on any atom is -0.481 e. The first kappa shape index (κ1) is 12.9. The molecule has 0 aromatic carbocycles. The van der Waals surface area contributed by atoms with Gasteiger partial charge in [0.2, 0.25) is 0 Å². The van der Waals surface area contributed by atoms with Crippen molar-refractivity contribution in [3.63, 3.8) is 0 Å². The minimum atomic E-state index is -0.799. The van der Waals surface area contributed by atoms with Gasteiger partial charge in [-0.15, -0.1) is 0 Å². The average molecular weight is 252 g/mol. The monoisotopic (exact) mass is 252 g/mol. The first-order chi connectivity index (χ1) is 8.49. The van der Waals surface area contributed by atoms with Crippen molar-refractivity contribution < 1.29 is 14.7 Å². The number of hydrogen-bond donors (Lipinski definition) is 1. The molecule has 0 aromatic rings. The molecule has 5 nitrogen and oxygen atoms in total. The Kier molecular flexibility index (Phi) is 3.59. The smallest absolute Gasteiger partial charge is 0.320 e. The third kappa shape index (κ3) is 2.49. The molecule has 1 N–H and O–H groups in total. The summed E-state index contributed by atoms with van der Waals surface area (Å²) in [5.74, 6) is -1.18. The molecule has 5 heteroatoms. The number of carboxylic acid groups (broad SMARTS) is 1. The number of hydrogen-bond acceptors (Lipinski definition) is 2. The number of nitrogens with zero attached hydrogens (tertiary/aromatic N) is 2. The second-order valence-electron chi connectivity index (χ2n) is 5.36. The normalized spacial score (nSPS) is 28.2. The molecular formula is C13H20N2O3. The van der Waals surface area contributed by atoms with Crippen molar-refractivity contribution in [1.29, 1.82) is 0 Å². The van der Waals surface area contributed by atoms with Crippen LogP contribution in [0.4, 0.5) is 4.79 Å². The van der Waals surface area contributed by atoms with E-state index < -0.39 is 11.9 Å². The third-order valence-corrected chi connectivity index (χ3v) is 3.91. The van der Waals surface area contributed by atoms with Gasteiger partial charge in [-0.25, -0.2) is 4.79 Å². The highest BCUT2D eigenvalue weighted by Crippen LogP contribution is 2.24. The Morgan fingerprint density at radius 3 is 2.56 bits per heavy atom. The zero-order valence-electron chi connectivity index (χ0n) is 10.9. The van der Waals surface area contributed by atoms with Crippen LogP contribution in [0.5, 0.6) is 0 Å². The molecule has 2 rings (SSSR count). The second-order valence-corrected chi connectivity index (χ2v) is 5.36. The van der Waals surface area contributed by atoms with Gasteiger partial charge >= 0.3 is 12.0 Å². The van der Waals surface area contributed by atoms with Gasteiger partial charge in [0.05, 0.1) is 5.92 Å². The number of carbonyl (C=O) groups excluding carboxylic acids is 1. The van der Waals surface area contributed by atoms with Gasteiger partial charge in [-0.2, -0.15) is 0 Å². The highest BCUT2D eigenvalue weighted by Gasteiger charge is 2.38. The first-order valence-corrected chi connectivity index (χ1v) is 6.41. The molecule has 1 saturated heterocycles. The molecule has 2 atom stereocenters. The van der Waals surface area contributed by atoms with Gasteiger partial charge in [0.25, 0.3) is 0 Å². The Bertz CT molecular complexity index is 392. The second kappa shape index (κ2) is 5.00. The van der Waals surface area contributed by atoms with Crippen LogP contribution in [0.1, 0.15) is 20.3 Å². The van der Waals surface area contributed by atoms with Crippen LogP contribution in [0.3, 0.4) is 0 Å². The van der Waals surface area contributed by atoms with Crippen LogP contribution in [-0.4, -0.2) is 53.1 Å². The number of amides is 2. The van der Waals surface area contributed by atoms with Crippen LogP contribution in [0.15, 0.2) is 11.6 Å². The van der Waals surface area contributed by atoms with E-state index in [1.54, 1.807) is 9.80 Å². The SMILES string of the molecule is CC1=CCN(C(=O)N2C[C@@H](C)[C@H](C(=O)O)C2)CC1. The van der Waals surface area contributed by atoms with Crippen molar-refractivity contribution in [2.24, 2.45) is 11.8 Å². The largest absolute Gasteiger partial charge is 0.481 e. The summed E-state index contributed by atoms with van der Waals surface area (Å²) in [6.45, 7) is 6.24. The van der Waals surface area contributed by atoms with Crippen molar-refractivity contribution in [2.45, 2.75) is 20.3 Å². The lowest BCUT2D eigenvalue weighted by Gasteiger charge is -2.30. The van der Waals surface area contributed by atoms with Crippen molar-refractivity contribution in [3.05, 3.63) is 11.6 Å². The van der Waals surface area contributed by atoms with Crippen molar-refractivity contribution in [2.75, 3.05) is 26.2 Å². The maximum atomic E-state index is 12.3. The maximum absolute atomic E-state index is 12.3. The van der Waals surface area contributed by atoms with E-state index in [4.69, 9.17) is 5.11 Å². The number of aliphatic carboxylic acids is 1. The van der Waals surface area contributed by atoms with Gasteiger partial charge in [-0.1, -0.05) is 18.6 Å². The Morgan fingerprint density at radius 2 is 2.06 bits per heavy atom. The zero-order chi connectivity index (χ0) is 13.3. The molecule has 2 amide bonds. The molecule has 0 bridgehead atoms. The van der Waals surface area contributed by atoms with Crippen LogP contribution in [0, 0.1) is 11.8 Å². The predicted octanol–water partition coefficient (Wildman–Crippen LogP) is 1.41. The van der Waals surface area contributed by atoms with E-state index >= 15 is 0 Å². The lowest BCUT2D eigenvalue weighted by molar-refractivity contribution is -0.142. The van der Waals surface area contributed by atoms with E-state index in [2.05, 4.69) is 13.0 Å². The minimum absolute atomic E-state index is 0.0191. The summed E-state index contributed by atoms with van der Waals surface area (Å²) >= 11 is 0. The Morgan fingerprint density at radius 1 is 1.33 bits per heavy atom. The van der Waals surface area contributed by atoms with Crippen LogP contribution in [0.25, 0.3) is 0 Å². The molecule has 18 heavy (non-hydrogen) atoms. The first-order valence-electron chi connectivity index (χ1n) is 6.41. The van der Waals surface area contributed by atoms with Gasteiger partial charge in [0.1, 0.15) is 0 Å². The van der Waals surface area contributed by atoms with Crippen LogP contribution in [0.2, 0.25) is 0 Å². The summed E-state index contributed by atoms with van der Waals surface area (Å²) < 4.78 is 0. The molecule has 0 saturated carbocycles. The summed E-state index contributed by atoms with van der Waals surface area (Å²) in [6.07, 6.45) is 2.98. The maximum Gasteiger partial charge on any atom is 0.320 e. The Labute approximate surface area is 107 Å². The molecule has 0 aliphatic carbocycles. The summed E-state index contributed by atoms with van der Waals surface area (Å²) in [4.78, 5) is 26.8. The Hall–Kier alpha value is -1.52. The molecular weight excluding hydrogens is 232 g/mol.